The summed E-state index contributed by atoms with van der Waals surface area (Å²) < 4.78 is 28.7. The van der Waals surface area contributed by atoms with Gasteiger partial charge >= 0.3 is 6.61 Å². The van der Waals surface area contributed by atoms with E-state index >= 15 is 0 Å². The summed E-state index contributed by atoms with van der Waals surface area (Å²) in [4.78, 5) is 11.4. The third-order valence-electron chi connectivity index (χ3n) is 2.20. The van der Waals surface area contributed by atoms with Crippen molar-refractivity contribution in [3.05, 3.63) is 24.3 Å². The Morgan fingerprint density at radius 2 is 1.94 bits per heavy atom. The first-order valence-electron chi connectivity index (χ1n) is 5.40. The quantitative estimate of drug-likeness (QED) is 0.841. The highest BCUT2D eigenvalue weighted by Crippen LogP contribution is 2.26. The number of carbonyl (C=O) groups excluding carboxylic acids is 1. The monoisotopic (exact) mass is 321 g/mol. The van der Waals surface area contributed by atoms with E-state index in [-0.39, 0.29) is 23.3 Å². The molecule has 0 saturated carbocycles. The van der Waals surface area contributed by atoms with Gasteiger partial charge in [0.1, 0.15) is 5.75 Å². The molecule has 3 nitrogen and oxygen atoms in total. The third kappa shape index (κ3) is 4.25. The second-order valence-corrected chi connectivity index (χ2v) is 5.00. The highest BCUT2D eigenvalue weighted by Gasteiger charge is 2.20. The molecular weight excluding hydrogens is 308 g/mol. The average molecular weight is 322 g/mol. The molecule has 6 heteroatoms. The molecule has 0 heterocycles. The van der Waals surface area contributed by atoms with Crippen molar-refractivity contribution < 1.29 is 18.3 Å². The molecule has 0 aliphatic rings. The van der Waals surface area contributed by atoms with Crippen LogP contribution in [0.15, 0.2) is 24.3 Å². The van der Waals surface area contributed by atoms with E-state index in [1.54, 1.807) is 12.1 Å². The Hall–Kier alpha value is -1.17. The topological polar surface area (TPSA) is 38.3 Å². The van der Waals surface area contributed by atoms with Crippen molar-refractivity contribution in [1.29, 1.82) is 0 Å². The second kappa shape index (κ2) is 6.68. The number of benzene rings is 1. The minimum absolute atomic E-state index is 0.0516. The lowest BCUT2D eigenvalue weighted by Crippen LogP contribution is -2.27. The lowest BCUT2D eigenvalue weighted by molar-refractivity contribution is -0.116. The predicted octanol–water partition coefficient (Wildman–Crippen LogP) is 3.65. The van der Waals surface area contributed by atoms with Crippen molar-refractivity contribution in [3.8, 4) is 5.75 Å². The van der Waals surface area contributed by atoms with Crippen LogP contribution in [0, 0.1) is 5.92 Å². The van der Waals surface area contributed by atoms with Gasteiger partial charge in [-0.3, -0.25) is 4.79 Å². The number of anilines is 1. The maximum Gasteiger partial charge on any atom is 0.387 e. The SMILES string of the molecule is CC(C)C(Br)C(=O)Nc1ccccc1OC(F)F. The van der Waals surface area contributed by atoms with E-state index < -0.39 is 11.4 Å². The molecule has 1 aromatic rings. The minimum atomic E-state index is -2.92. The molecule has 100 valence electrons. The van der Waals surface area contributed by atoms with Gasteiger partial charge in [0.2, 0.25) is 5.91 Å². The molecule has 1 amide bonds. The molecule has 18 heavy (non-hydrogen) atoms. The maximum atomic E-state index is 12.2. The Balaban J connectivity index is 2.81. The zero-order valence-corrected chi connectivity index (χ0v) is 11.6. The molecule has 0 bridgehead atoms. The zero-order chi connectivity index (χ0) is 13.7. The van der Waals surface area contributed by atoms with Crippen molar-refractivity contribution >= 4 is 27.5 Å². The van der Waals surface area contributed by atoms with E-state index in [0.717, 1.165) is 0 Å². The van der Waals surface area contributed by atoms with E-state index in [9.17, 15) is 13.6 Å². The maximum absolute atomic E-state index is 12.2. The molecule has 1 atom stereocenters. The van der Waals surface area contributed by atoms with Gasteiger partial charge in [0.25, 0.3) is 0 Å². The van der Waals surface area contributed by atoms with Crippen LogP contribution in [-0.2, 0) is 4.79 Å². The van der Waals surface area contributed by atoms with Crippen LogP contribution < -0.4 is 10.1 Å². The molecule has 0 aliphatic carbocycles. The summed E-state index contributed by atoms with van der Waals surface area (Å²) in [6.45, 7) is 0.828. The lowest BCUT2D eigenvalue weighted by atomic mass is 10.1. The van der Waals surface area contributed by atoms with Crippen LogP contribution in [0.2, 0.25) is 0 Å². The number of nitrogens with one attached hydrogen (secondary N) is 1. The fourth-order valence-electron chi connectivity index (χ4n) is 1.27. The van der Waals surface area contributed by atoms with E-state index in [2.05, 4.69) is 26.0 Å². The van der Waals surface area contributed by atoms with Gasteiger partial charge in [-0.15, -0.1) is 0 Å². The molecule has 0 saturated heterocycles. The first kappa shape index (κ1) is 14.9. The Kier molecular flexibility index (Phi) is 5.53. The van der Waals surface area contributed by atoms with Gasteiger partial charge in [0.15, 0.2) is 0 Å². The van der Waals surface area contributed by atoms with Crippen LogP contribution in [0.3, 0.4) is 0 Å². The number of rotatable bonds is 5. The van der Waals surface area contributed by atoms with Crippen molar-refractivity contribution in [2.45, 2.75) is 25.3 Å². The first-order chi connectivity index (χ1) is 8.41. The fraction of sp³-hybridized carbons (Fsp3) is 0.417. The van der Waals surface area contributed by atoms with Crippen LogP contribution in [0.25, 0.3) is 0 Å². The Morgan fingerprint density at radius 1 is 1.33 bits per heavy atom. The largest absolute Gasteiger partial charge is 0.433 e. The highest BCUT2D eigenvalue weighted by atomic mass is 79.9. The van der Waals surface area contributed by atoms with Gasteiger partial charge in [-0.05, 0) is 18.1 Å². The summed E-state index contributed by atoms with van der Waals surface area (Å²) in [5, 5.41) is 2.55. The molecule has 0 radical (unpaired) electrons. The Morgan fingerprint density at radius 3 is 2.50 bits per heavy atom. The average Bonchev–Trinajstić information content (AvgIpc) is 2.29. The van der Waals surface area contributed by atoms with E-state index in [1.165, 1.54) is 12.1 Å². The summed E-state index contributed by atoms with van der Waals surface area (Å²) in [5.74, 6) is -0.257. The van der Waals surface area contributed by atoms with E-state index in [0.29, 0.717) is 0 Å². The van der Waals surface area contributed by atoms with Gasteiger partial charge < -0.3 is 10.1 Å². The number of hydrogen-bond acceptors (Lipinski definition) is 2. The van der Waals surface area contributed by atoms with E-state index in [4.69, 9.17) is 0 Å². The fourth-order valence-corrected chi connectivity index (χ4v) is 1.39. The number of carbonyl (C=O) groups is 1. The summed E-state index contributed by atoms with van der Waals surface area (Å²) >= 11 is 3.24. The number of ether oxygens (including phenoxy) is 1. The number of para-hydroxylation sites is 2. The lowest BCUT2D eigenvalue weighted by Gasteiger charge is -2.16. The molecule has 0 spiro atoms. The zero-order valence-electron chi connectivity index (χ0n) is 9.99. The van der Waals surface area contributed by atoms with Crippen LogP contribution in [0.4, 0.5) is 14.5 Å². The summed E-state index contributed by atoms with van der Waals surface area (Å²) in [6.07, 6.45) is 0. The molecule has 1 rings (SSSR count). The van der Waals surface area contributed by atoms with Crippen molar-refractivity contribution in [2.24, 2.45) is 5.92 Å². The number of hydrogen-bond donors (Lipinski definition) is 1. The molecule has 0 fully saturated rings. The highest BCUT2D eigenvalue weighted by molar-refractivity contribution is 9.10. The minimum Gasteiger partial charge on any atom is -0.433 e. The van der Waals surface area contributed by atoms with Crippen LogP contribution >= 0.6 is 15.9 Å². The van der Waals surface area contributed by atoms with Gasteiger partial charge in [-0.25, -0.2) is 0 Å². The molecule has 0 aromatic heterocycles. The molecule has 0 aliphatic heterocycles. The molecule has 1 aromatic carbocycles. The summed E-state index contributed by atoms with van der Waals surface area (Å²) in [7, 11) is 0. The third-order valence-corrected chi connectivity index (χ3v) is 3.67. The number of alkyl halides is 3. The first-order valence-corrected chi connectivity index (χ1v) is 6.32. The van der Waals surface area contributed by atoms with Crippen LogP contribution in [-0.4, -0.2) is 17.3 Å². The van der Waals surface area contributed by atoms with Gasteiger partial charge in [0.05, 0.1) is 10.5 Å². The predicted molar refractivity (Wildman–Crippen MR) is 69.3 cm³/mol. The van der Waals surface area contributed by atoms with Crippen molar-refractivity contribution in [2.75, 3.05) is 5.32 Å². The smallest absolute Gasteiger partial charge is 0.387 e. The Bertz CT molecular complexity index is 413. The molecular formula is C12H14BrF2NO2. The van der Waals surface area contributed by atoms with Crippen molar-refractivity contribution in [1.82, 2.24) is 0 Å². The van der Waals surface area contributed by atoms with Crippen LogP contribution in [0.5, 0.6) is 5.75 Å². The number of amides is 1. The Labute approximate surface area is 113 Å². The van der Waals surface area contributed by atoms with Gasteiger partial charge in [-0.1, -0.05) is 41.9 Å². The standard InChI is InChI=1S/C12H14BrF2NO2/c1-7(2)10(13)11(17)16-8-5-3-4-6-9(8)18-12(14)15/h3-7,10,12H,1-2H3,(H,16,17). The van der Waals surface area contributed by atoms with Gasteiger partial charge in [0, 0.05) is 0 Å². The normalized spacial score (nSPS) is 12.6. The van der Waals surface area contributed by atoms with Crippen LogP contribution in [0.1, 0.15) is 13.8 Å². The summed E-state index contributed by atoms with van der Waals surface area (Å²) in [6, 6.07) is 6.07. The van der Waals surface area contributed by atoms with Crippen molar-refractivity contribution in [3.63, 3.8) is 0 Å². The molecule has 1 N–H and O–H groups in total. The second-order valence-electron chi connectivity index (χ2n) is 4.01. The van der Waals surface area contributed by atoms with Gasteiger partial charge in [-0.2, -0.15) is 8.78 Å². The molecule has 1 unspecified atom stereocenters. The van der Waals surface area contributed by atoms with E-state index in [1.807, 2.05) is 13.8 Å². The number of halogens is 3. The summed E-state index contributed by atoms with van der Waals surface area (Å²) in [5.41, 5.74) is 0.230.